The number of aliphatic hydroxyl groups is 1. The zero-order valence-electron chi connectivity index (χ0n) is 16.0. The molecule has 2 aromatic carbocycles. The number of aliphatic hydroxyl groups excluding tert-OH is 1. The molecule has 3 nitrogen and oxygen atoms in total. The van der Waals surface area contributed by atoms with Gasteiger partial charge in [-0.3, -0.25) is 0 Å². The summed E-state index contributed by atoms with van der Waals surface area (Å²) in [7, 11) is 1.79. The van der Waals surface area contributed by atoms with E-state index in [0.29, 0.717) is 24.1 Å². The minimum absolute atomic E-state index is 0.286. The molecular formula is C23H30FNO2. The Morgan fingerprint density at radius 3 is 2.48 bits per heavy atom. The van der Waals surface area contributed by atoms with Crippen LogP contribution in [0.25, 0.3) is 0 Å². The fourth-order valence-electron chi connectivity index (χ4n) is 4.09. The molecule has 0 bridgehead atoms. The van der Waals surface area contributed by atoms with E-state index in [4.69, 9.17) is 4.74 Å². The van der Waals surface area contributed by atoms with Gasteiger partial charge < -0.3 is 15.2 Å². The third-order valence-corrected chi connectivity index (χ3v) is 5.73. The molecule has 1 fully saturated rings. The molecule has 27 heavy (non-hydrogen) atoms. The lowest BCUT2D eigenvalue weighted by Gasteiger charge is -2.34. The second-order valence-electron chi connectivity index (χ2n) is 7.55. The van der Waals surface area contributed by atoms with Crippen LogP contribution in [-0.4, -0.2) is 30.9 Å². The van der Waals surface area contributed by atoms with Gasteiger partial charge in [-0.1, -0.05) is 42.5 Å². The van der Waals surface area contributed by atoms with Gasteiger partial charge in [-0.05, 0) is 61.3 Å². The first-order chi connectivity index (χ1) is 13.2. The molecule has 2 atom stereocenters. The van der Waals surface area contributed by atoms with Gasteiger partial charge in [0, 0.05) is 19.7 Å². The molecule has 4 heteroatoms. The number of hydrogen-bond donors (Lipinski definition) is 2. The van der Waals surface area contributed by atoms with Crippen LogP contribution in [0.3, 0.4) is 0 Å². The molecule has 2 N–H and O–H groups in total. The second-order valence-corrected chi connectivity index (χ2v) is 7.55. The molecule has 3 rings (SSSR count). The van der Waals surface area contributed by atoms with Crippen molar-refractivity contribution in [1.29, 1.82) is 0 Å². The highest BCUT2D eigenvalue weighted by Crippen LogP contribution is 2.30. The fourth-order valence-corrected chi connectivity index (χ4v) is 4.09. The maximum Gasteiger partial charge on any atom is 0.123 e. The average molecular weight is 371 g/mol. The number of halogens is 1. The minimum Gasteiger partial charge on any atom is -0.387 e. The number of benzene rings is 2. The normalized spacial score (nSPS) is 22.3. The summed E-state index contributed by atoms with van der Waals surface area (Å²) in [6.45, 7) is 0.422. The van der Waals surface area contributed by atoms with Crippen LogP contribution in [0.4, 0.5) is 4.39 Å². The molecule has 0 saturated heterocycles. The molecule has 1 saturated carbocycles. The Morgan fingerprint density at radius 1 is 1.07 bits per heavy atom. The van der Waals surface area contributed by atoms with Crippen molar-refractivity contribution < 1.29 is 14.2 Å². The summed E-state index contributed by atoms with van der Waals surface area (Å²) in [6.07, 6.45) is 5.00. The van der Waals surface area contributed by atoms with Crippen molar-refractivity contribution in [2.75, 3.05) is 13.7 Å². The molecule has 0 heterocycles. The largest absolute Gasteiger partial charge is 0.387 e. The van der Waals surface area contributed by atoms with E-state index in [-0.39, 0.29) is 11.9 Å². The Morgan fingerprint density at radius 2 is 1.81 bits per heavy atom. The van der Waals surface area contributed by atoms with E-state index in [1.807, 2.05) is 6.07 Å². The van der Waals surface area contributed by atoms with Gasteiger partial charge in [0.2, 0.25) is 0 Å². The van der Waals surface area contributed by atoms with Crippen molar-refractivity contribution in [3.05, 3.63) is 71.5 Å². The lowest BCUT2D eigenvalue weighted by Crippen LogP contribution is -2.42. The van der Waals surface area contributed by atoms with Crippen molar-refractivity contribution >= 4 is 0 Å². The van der Waals surface area contributed by atoms with Crippen LogP contribution >= 0.6 is 0 Å². The molecule has 1 aliphatic rings. The number of hydrogen-bond acceptors (Lipinski definition) is 3. The predicted molar refractivity (Wildman–Crippen MR) is 106 cm³/mol. The molecule has 0 amide bonds. The number of nitrogens with one attached hydrogen (secondary N) is 1. The highest BCUT2D eigenvalue weighted by molar-refractivity contribution is 5.19. The van der Waals surface area contributed by atoms with Crippen molar-refractivity contribution in [2.24, 2.45) is 5.92 Å². The first-order valence-electron chi connectivity index (χ1n) is 9.89. The van der Waals surface area contributed by atoms with Crippen LogP contribution in [0, 0.1) is 11.7 Å². The standard InChI is InChI=1S/C23H30FNO2/c1-27-21-12-10-18(11-13-21)22(14-17-6-3-2-4-7-17)25-16-23(26)19-8-5-9-20(24)15-19/h2-9,15,18,21-23,25-26H,10-14,16H2,1H3/t18?,21?,22-,23+/m1/s1. The molecule has 2 aromatic rings. The highest BCUT2D eigenvalue weighted by atomic mass is 19.1. The molecule has 146 valence electrons. The first-order valence-corrected chi connectivity index (χ1v) is 9.89. The summed E-state index contributed by atoms with van der Waals surface area (Å²) < 4.78 is 18.9. The van der Waals surface area contributed by atoms with E-state index in [0.717, 1.165) is 32.1 Å². The van der Waals surface area contributed by atoms with Crippen LogP contribution in [0.5, 0.6) is 0 Å². The zero-order valence-corrected chi connectivity index (χ0v) is 16.0. The van der Waals surface area contributed by atoms with Gasteiger partial charge in [0.15, 0.2) is 0 Å². The molecule has 0 spiro atoms. The molecule has 0 aliphatic heterocycles. The minimum atomic E-state index is -0.714. The summed E-state index contributed by atoms with van der Waals surface area (Å²) in [6, 6.07) is 17.0. The highest BCUT2D eigenvalue weighted by Gasteiger charge is 2.28. The van der Waals surface area contributed by atoms with Crippen molar-refractivity contribution in [2.45, 2.75) is 50.4 Å². The Balaban J connectivity index is 1.64. The number of methoxy groups -OCH3 is 1. The van der Waals surface area contributed by atoms with E-state index in [9.17, 15) is 9.50 Å². The van der Waals surface area contributed by atoms with E-state index >= 15 is 0 Å². The first kappa shape index (κ1) is 20.0. The molecule has 0 unspecified atom stereocenters. The van der Waals surface area contributed by atoms with E-state index in [1.54, 1.807) is 19.2 Å². The maximum absolute atomic E-state index is 13.4. The topological polar surface area (TPSA) is 41.5 Å². The zero-order chi connectivity index (χ0) is 19.1. The second kappa shape index (κ2) is 9.98. The summed E-state index contributed by atoms with van der Waals surface area (Å²) in [5.41, 5.74) is 1.91. The van der Waals surface area contributed by atoms with E-state index in [1.165, 1.54) is 17.7 Å². The van der Waals surface area contributed by atoms with Gasteiger partial charge in [0.1, 0.15) is 5.82 Å². The quantitative estimate of drug-likeness (QED) is 0.728. The van der Waals surface area contributed by atoms with Gasteiger partial charge in [-0.15, -0.1) is 0 Å². The molecule has 0 aromatic heterocycles. The average Bonchev–Trinajstić information content (AvgIpc) is 2.71. The van der Waals surface area contributed by atoms with Crippen LogP contribution in [0.15, 0.2) is 54.6 Å². The third-order valence-electron chi connectivity index (χ3n) is 5.73. The fraction of sp³-hybridized carbons (Fsp3) is 0.478. The Hall–Kier alpha value is -1.75. The lowest BCUT2D eigenvalue weighted by molar-refractivity contribution is 0.0489. The third kappa shape index (κ3) is 5.86. The molecule has 1 aliphatic carbocycles. The number of ether oxygens (including phenoxy) is 1. The lowest BCUT2D eigenvalue weighted by atomic mass is 9.80. The predicted octanol–water partition coefficient (Wildman–Crippen LogP) is 4.27. The van der Waals surface area contributed by atoms with Gasteiger partial charge in [-0.2, -0.15) is 0 Å². The van der Waals surface area contributed by atoms with Crippen LogP contribution < -0.4 is 5.32 Å². The van der Waals surface area contributed by atoms with E-state index < -0.39 is 6.10 Å². The van der Waals surface area contributed by atoms with Crippen molar-refractivity contribution in [1.82, 2.24) is 5.32 Å². The SMILES string of the molecule is COC1CCC([C@@H](Cc2ccccc2)NC[C@H](O)c2cccc(F)c2)CC1. The van der Waals surface area contributed by atoms with E-state index in [2.05, 4.69) is 29.6 Å². The van der Waals surface area contributed by atoms with Crippen LogP contribution in [-0.2, 0) is 11.2 Å². The van der Waals surface area contributed by atoms with Crippen molar-refractivity contribution in [3.8, 4) is 0 Å². The monoisotopic (exact) mass is 371 g/mol. The Labute approximate surface area is 161 Å². The van der Waals surface area contributed by atoms with Crippen LogP contribution in [0.2, 0.25) is 0 Å². The summed E-state index contributed by atoms with van der Waals surface area (Å²) in [5.74, 6) is 0.238. The van der Waals surface area contributed by atoms with Gasteiger partial charge in [-0.25, -0.2) is 4.39 Å². The maximum atomic E-state index is 13.4. The molecule has 0 radical (unpaired) electrons. The Bertz CT molecular complexity index is 686. The smallest absolute Gasteiger partial charge is 0.123 e. The number of rotatable bonds is 8. The van der Waals surface area contributed by atoms with Gasteiger partial charge in [0.25, 0.3) is 0 Å². The van der Waals surface area contributed by atoms with Gasteiger partial charge in [0.05, 0.1) is 12.2 Å². The van der Waals surface area contributed by atoms with Crippen molar-refractivity contribution in [3.63, 3.8) is 0 Å². The van der Waals surface area contributed by atoms with Crippen LogP contribution in [0.1, 0.15) is 42.9 Å². The summed E-state index contributed by atoms with van der Waals surface area (Å²) >= 11 is 0. The summed E-state index contributed by atoms with van der Waals surface area (Å²) in [5, 5.41) is 14.1. The summed E-state index contributed by atoms with van der Waals surface area (Å²) in [4.78, 5) is 0. The molecular weight excluding hydrogens is 341 g/mol. The Kier molecular flexibility index (Phi) is 7.39. The van der Waals surface area contributed by atoms with Gasteiger partial charge >= 0.3 is 0 Å².